The number of anilines is 2. The minimum absolute atomic E-state index is 0. The molecule has 0 spiro atoms. The van der Waals surface area contributed by atoms with Crippen molar-refractivity contribution in [2.75, 3.05) is 35.8 Å². The highest BCUT2D eigenvalue weighted by atomic mass is 35.5. The number of hydrogen-bond donors (Lipinski definition) is 1. The number of ether oxygens (including phenoxy) is 2. The van der Waals surface area contributed by atoms with E-state index >= 15 is 0 Å². The van der Waals surface area contributed by atoms with Crippen LogP contribution < -0.4 is 18.5 Å². The number of hydrogen-bond acceptors (Lipinski definition) is 12. The van der Waals surface area contributed by atoms with Gasteiger partial charge >= 0.3 is 12.4 Å². The van der Waals surface area contributed by atoms with Gasteiger partial charge in [-0.25, -0.2) is 30.5 Å². The Morgan fingerprint density at radius 3 is 1.46 bits per heavy atom. The molecule has 4 aromatic carbocycles. The number of methoxy groups -OCH3 is 2. The van der Waals surface area contributed by atoms with Crippen molar-refractivity contribution >= 4 is 88.1 Å². The van der Waals surface area contributed by atoms with Gasteiger partial charge in [0.1, 0.15) is 35.6 Å². The fraction of sp³-hybridized carbons (Fsp3) is 0.333. The molecular weight excluding hydrogens is 990 g/mol. The van der Waals surface area contributed by atoms with E-state index in [2.05, 4.69) is 29.3 Å². The highest BCUT2D eigenvalue weighted by Crippen LogP contribution is 2.41. The smallest absolute Gasteiger partial charge is 0.408 e. The van der Waals surface area contributed by atoms with Gasteiger partial charge in [0, 0.05) is 12.1 Å². The van der Waals surface area contributed by atoms with Crippen molar-refractivity contribution in [1.82, 2.24) is 19.6 Å². The predicted molar refractivity (Wildman–Crippen MR) is 243 cm³/mol. The number of nitro groups is 2. The van der Waals surface area contributed by atoms with Crippen molar-refractivity contribution in [1.29, 1.82) is 0 Å². The zero-order valence-corrected chi connectivity index (χ0v) is 37.5. The van der Waals surface area contributed by atoms with E-state index in [1.165, 1.54) is 12.7 Å². The van der Waals surface area contributed by atoms with Gasteiger partial charge in [-0.3, -0.25) is 25.0 Å². The lowest BCUT2D eigenvalue weighted by Gasteiger charge is -2.20. The predicted octanol–water partition coefficient (Wildman–Crippen LogP) is 10.2. The van der Waals surface area contributed by atoms with Crippen molar-refractivity contribution in [3.63, 3.8) is 0 Å². The molecule has 0 amide bonds. The van der Waals surface area contributed by atoms with Gasteiger partial charge in [0.25, 0.3) is 11.4 Å². The minimum Gasteiger partial charge on any atom is -0.497 e. The molecule has 6 aromatic rings. The summed E-state index contributed by atoms with van der Waals surface area (Å²) in [7, 11) is -4.84. The number of non-ortho nitro benzene ring substituents is 2. The number of sulfonamides is 2. The average Bonchev–Trinajstić information content (AvgIpc) is 3.73. The maximum atomic E-state index is 13.2. The Hall–Kier alpha value is -6.12. The molecule has 0 aliphatic carbocycles. The second kappa shape index (κ2) is 22.6. The van der Waals surface area contributed by atoms with Crippen molar-refractivity contribution in [3.05, 3.63) is 114 Å². The summed E-state index contributed by atoms with van der Waals surface area (Å²) in [5.41, 5.74) is -0.603. The lowest BCUT2D eigenvalue weighted by atomic mass is 10.2. The normalized spacial score (nSPS) is 11.5. The molecule has 0 saturated carbocycles. The van der Waals surface area contributed by atoms with Gasteiger partial charge in [0.15, 0.2) is 11.6 Å². The lowest BCUT2D eigenvalue weighted by Crippen LogP contribution is -2.30. The third-order valence-electron chi connectivity index (χ3n) is 8.65. The van der Waals surface area contributed by atoms with Gasteiger partial charge in [-0.2, -0.15) is 36.5 Å². The summed E-state index contributed by atoms with van der Waals surface area (Å²) in [6, 6.07) is 18.5. The number of alkyl halides is 6. The molecular formula is C39H44Cl2F6N8O10S2. The highest BCUT2D eigenvalue weighted by molar-refractivity contribution is 7.92. The van der Waals surface area contributed by atoms with Crippen LogP contribution in [0.25, 0.3) is 21.8 Å². The number of benzene rings is 4. The molecule has 0 unspecified atom stereocenters. The van der Waals surface area contributed by atoms with E-state index in [-0.39, 0.29) is 42.2 Å². The van der Waals surface area contributed by atoms with Crippen LogP contribution in [0.2, 0.25) is 10.0 Å². The molecule has 28 heteroatoms. The molecule has 18 nitrogen and oxygen atoms in total. The quantitative estimate of drug-likeness (QED) is 0.0648. The molecule has 67 heavy (non-hydrogen) atoms. The molecule has 1 N–H and O–H groups in total. The van der Waals surface area contributed by atoms with Crippen LogP contribution in [0.4, 0.5) is 49.4 Å². The van der Waals surface area contributed by atoms with Crippen LogP contribution in [0.1, 0.15) is 32.9 Å². The molecule has 0 saturated heterocycles. The molecule has 0 atom stereocenters. The van der Waals surface area contributed by atoms with E-state index < -0.39 is 89.4 Å². The topological polar surface area (TPSA) is 224 Å². The summed E-state index contributed by atoms with van der Waals surface area (Å²) in [5.74, 6) is 0.479. The van der Waals surface area contributed by atoms with E-state index in [1.807, 2.05) is 16.9 Å². The summed E-state index contributed by atoms with van der Waals surface area (Å²) in [4.78, 5) is 20.7. The number of aromatic nitrogens is 4. The first-order valence-corrected chi connectivity index (χ1v) is 22.6. The molecule has 0 bridgehead atoms. The van der Waals surface area contributed by atoms with Crippen LogP contribution in [0.5, 0.6) is 11.5 Å². The molecule has 2 aromatic heterocycles. The van der Waals surface area contributed by atoms with Crippen molar-refractivity contribution in [2.24, 2.45) is 0 Å². The molecule has 6 rings (SSSR count). The van der Waals surface area contributed by atoms with Crippen LogP contribution in [-0.2, 0) is 46.1 Å². The third-order valence-corrected chi connectivity index (χ3v) is 10.9. The summed E-state index contributed by atoms with van der Waals surface area (Å²) < 4.78 is 139. The summed E-state index contributed by atoms with van der Waals surface area (Å²) in [6.45, 7) is -1.48. The van der Waals surface area contributed by atoms with Gasteiger partial charge in [-0.1, -0.05) is 69.2 Å². The summed E-state index contributed by atoms with van der Waals surface area (Å²) >= 11 is 12.0. The molecule has 2 heterocycles. The maximum absolute atomic E-state index is 13.2. The van der Waals surface area contributed by atoms with Crippen molar-refractivity contribution in [2.45, 2.75) is 60.2 Å². The molecule has 0 fully saturated rings. The summed E-state index contributed by atoms with van der Waals surface area (Å²) in [5, 5.41) is 28.9. The monoisotopic (exact) mass is 1030 g/mol. The van der Waals surface area contributed by atoms with Gasteiger partial charge in [-0.15, -0.1) is 0 Å². The second-order valence-corrected chi connectivity index (χ2v) is 18.0. The SMILES string of the molecule is C.C.CCc1ccc(OC)cc1.COc1ccc(CN(c2nn(CC(F)(F)F)c3c([N+](=O)[O-])ccc(Cl)c23)S(C)(=O)=O)cc1.CS(=O)(=O)Nc1nn(CC(F)(F)F)c2c([N+](=O)[O-])ccc(Cl)c12. The lowest BCUT2D eigenvalue weighted by molar-refractivity contribution is -0.383. The van der Waals surface area contributed by atoms with E-state index in [9.17, 15) is 63.4 Å². The molecule has 0 radical (unpaired) electrons. The number of rotatable bonds is 13. The van der Waals surface area contributed by atoms with Gasteiger partial charge in [0.05, 0.1) is 63.9 Å². The van der Waals surface area contributed by atoms with E-state index in [4.69, 9.17) is 32.7 Å². The van der Waals surface area contributed by atoms with Crippen LogP contribution in [-0.4, -0.2) is 85.3 Å². The minimum atomic E-state index is -4.78. The number of fused-ring (bicyclic) bond motifs is 2. The number of nitrogens with one attached hydrogen (secondary N) is 1. The van der Waals surface area contributed by atoms with Gasteiger partial charge in [-0.05, 0) is 53.9 Å². The van der Waals surface area contributed by atoms with E-state index in [0.29, 0.717) is 20.7 Å². The highest BCUT2D eigenvalue weighted by Gasteiger charge is 2.36. The second-order valence-electron chi connectivity index (χ2n) is 13.5. The molecule has 0 aliphatic heterocycles. The van der Waals surface area contributed by atoms with Gasteiger partial charge < -0.3 is 9.47 Å². The Labute approximate surface area is 390 Å². The largest absolute Gasteiger partial charge is 0.497 e. The fourth-order valence-electron chi connectivity index (χ4n) is 5.90. The zero-order chi connectivity index (χ0) is 48.8. The van der Waals surface area contributed by atoms with Crippen LogP contribution in [0.3, 0.4) is 0 Å². The van der Waals surface area contributed by atoms with Crippen LogP contribution in [0, 0.1) is 20.2 Å². The Balaban J connectivity index is 0.000000384. The first-order chi connectivity index (χ1) is 30.1. The average molecular weight is 1030 g/mol. The number of halogens is 8. The number of aryl methyl sites for hydroxylation is 1. The first-order valence-electron chi connectivity index (χ1n) is 18.1. The molecule has 0 aliphatic rings. The van der Waals surface area contributed by atoms with Crippen molar-refractivity contribution < 1.29 is 62.5 Å². The van der Waals surface area contributed by atoms with Crippen LogP contribution in [0.15, 0.2) is 72.8 Å². The van der Waals surface area contributed by atoms with Crippen LogP contribution >= 0.6 is 23.2 Å². The standard InChI is InChI=1S/C18H16ClF3N4O5S.C10H8ClF3N4O4S.C9H12O.2CH4/c1-31-12-5-3-11(4-6-12)9-25(32(2,29)30)17-15-13(19)7-8-14(26(27)28)16(15)24(23-17)10-18(20,21)22;1-23(21,22)16-9-7-5(11)2-3-6(18(19)20)8(7)17(15-9)4-10(12,13)14;1-3-8-4-6-9(10-2)7-5-8;;/h3-8H,9-10H2,1-2H3;2-3H,4H2,1H3,(H,15,16);4-7H,3H2,1-2H3;2*1H4. The fourth-order valence-corrected chi connectivity index (χ4v) is 7.70. The van der Waals surface area contributed by atoms with E-state index in [1.54, 1.807) is 31.4 Å². The first kappa shape index (κ1) is 57.0. The van der Waals surface area contributed by atoms with E-state index in [0.717, 1.165) is 53.3 Å². The Bertz CT molecular complexity index is 2900. The molecule has 368 valence electrons. The van der Waals surface area contributed by atoms with Gasteiger partial charge in [0.2, 0.25) is 20.0 Å². The zero-order valence-electron chi connectivity index (χ0n) is 34.3. The third kappa shape index (κ3) is 15.2. The maximum Gasteiger partial charge on any atom is 0.408 e. The Morgan fingerprint density at radius 1 is 0.687 bits per heavy atom. The van der Waals surface area contributed by atoms with Crippen molar-refractivity contribution in [3.8, 4) is 11.5 Å². The Morgan fingerprint density at radius 2 is 1.09 bits per heavy atom. The number of nitrogens with zero attached hydrogens (tertiary/aromatic N) is 7. The summed E-state index contributed by atoms with van der Waals surface area (Å²) in [6.07, 6.45) is -6.82. The number of nitro benzene ring substituents is 2. The Kier molecular flexibility index (Phi) is 19.2.